The molecule has 0 saturated carbocycles. The van der Waals surface area contributed by atoms with Gasteiger partial charge in [-0.1, -0.05) is 6.07 Å². The molecule has 1 aromatic carbocycles. The molecule has 1 atom stereocenters. The molecule has 1 aliphatic carbocycles. The maximum Gasteiger partial charge on any atom is 0.0328 e. The number of nitrogens with two attached hydrogens (primary N) is 1. The Labute approximate surface area is 98.2 Å². The van der Waals surface area contributed by atoms with Crippen LogP contribution in [0.3, 0.4) is 0 Å². The lowest BCUT2D eigenvalue weighted by molar-refractivity contribution is 0.336. The van der Waals surface area contributed by atoms with Crippen LogP contribution >= 0.6 is 0 Å². The highest BCUT2D eigenvalue weighted by Crippen LogP contribution is 2.32. The van der Waals surface area contributed by atoms with Gasteiger partial charge < -0.3 is 11.1 Å². The zero-order valence-electron chi connectivity index (χ0n) is 10.5. The fraction of sp³-hybridized carbons (Fsp3) is 0.571. The largest absolute Gasteiger partial charge is 0.399 e. The van der Waals surface area contributed by atoms with E-state index in [9.17, 15) is 0 Å². The molecule has 0 amide bonds. The van der Waals surface area contributed by atoms with Crippen molar-refractivity contribution in [2.75, 3.05) is 5.73 Å². The minimum absolute atomic E-state index is 0.157. The first kappa shape index (κ1) is 11.5. The predicted molar refractivity (Wildman–Crippen MR) is 69.4 cm³/mol. The lowest BCUT2D eigenvalue weighted by Gasteiger charge is -2.33. The fourth-order valence-electron chi connectivity index (χ4n) is 2.49. The van der Waals surface area contributed by atoms with Crippen molar-refractivity contribution < 1.29 is 0 Å². The van der Waals surface area contributed by atoms with Crippen molar-refractivity contribution in [1.29, 1.82) is 0 Å². The molecule has 0 fully saturated rings. The zero-order valence-corrected chi connectivity index (χ0v) is 10.5. The van der Waals surface area contributed by atoms with Gasteiger partial charge in [0.1, 0.15) is 0 Å². The smallest absolute Gasteiger partial charge is 0.0328 e. The fourth-order valence-corrected chi connectivity index (χ4v) is 2.49. The van der Waals surface area contributed by atoms with Crippen LogP contribution in [0.15, 0.2) is 18.2 Å². The third-order valence-corrected chi connectivity index (χ3v) is 3.09. The van der Waals surface area contributed by atoms with E-state index >= 15 is 0 Å². The van der Waals surface area contributed by atoms with Gasteiger partial charge in [0, 0.05) is 17.3 Å². The normalized spacial score (nSPS) is 20.6. The summed E-state index contributed by atoms with van der Waals surface area (Å²) in [7, 11) is 0. The molecule has 88 valence electrons. The number of nitrogen functional groups attached to an aromatic ring is 1. The Bertz CT molecular complexity index is 377. The van der Waals surface area contributed by atoms with Crippen molar-refractivity contribution in [2.45, 2.75) is 51.6 Å². The van der Waals surface area contributed by atoms with Gasteiger partial charge in [-0.2, -0.15) is 0 Å². The number of nitrogens with one attached hydrogen (secondary N) is 1. The quantitative estimate of drug-likeness (QED) is 0.711. The summed E-state index contributed by atoms with van der Waals surface area (Å²) in [6.07, 6.45) is 3.68. The van der Waals surface area contributed by atoms with Gasteiger partial charge in [-0.05, 0) is 63.3 Å². The van der Waals surface area contributed by atoms with Crippen LogP contribution in [0.1, 0.15) is 50.8 Å². The lowest BCUT2D eigenvalue weighted by atomic mass is 9.86. The summed E-state index contributed by atoms with van der Waals surface area (Å²) in [5, 5.41) is 3.69. The van der Waals surface area contributed by atoms with Crippen LogP contribution < -0.4 is 11.1 Å². The average Bonchev–Trinajstić information content (AvgIpc) is 2.17. The molecule has 3 N–H and O–H groups in total. The summed E-state index contributed by atoms with van der Waals surface area (Å²) in [6, 6.07) is 6.80. The SMILES string of the molecule is CC(C)(C)NC1CCCc2ccc(N)cc21. The standard InChI is InChI=1S/C14H22N2/c1-14(2,3)16-13-6-4-5-10-7-8-11(15)9-12(10)13/h7-9,13,16H,4-6,15H2,1-3H3. The Morgan fingerprint density at radius 2 is 2.06 bits per heavy atom. The highest BCUT2D eigenvalue weighted by atomic mass is 15.0. The van der Waals surface area contributed by atoms with E-state index in [-0.39, 0.29) is 5.54 Å². The molecule has 2 heteroatoms. The molecule has 1 aromatic rings. The van der Waals surface area contributed by atoms with Gasteiger partial charge in [0.05, 0.1) is 0 Å². The van der Waals surface area contributed by atoms with Crippen LogP contribution in [-0.4, -0.2) is 5.54 Å². The second-order valence-electron chi connectivity index (χ2n) is 5.80. The van der Waals surface area contributed by atoms with E-state index in [0.717, 1.165) is 5.69 Å². The summed E-state index contributed by atoms with van der Waals surface area (Å²) < 4.78 is 0. The number of rotatable bonds is 1. The minimum Gasteiger partial charge on any atom is -0.399 e. The van der Waals surface area contributed by atoms with Crippen molar-refractivity contribution >= 4 is 5.69 Å². The predicted octanol–water partition coefficient (Wildman–Crippen LogP) is 3.03. The first-order valence-corrected chi connectivity index (χ1v) is 6.12. The van der Waals surface area contributed by atoms with E-state index in [0.29, 0.717) is 6.04 Å². The number of benzene rings is 1. The Hall–Kier alpha value is -1.02. The van der Waals surface area contributed by atoms with Crippen LogP contribution in [0.5, 0.6) is 0 Å². The molecule has 2 rings (SSSR count). The maximum atomic E-state index is 5.88. The molecule has 0 heterocycles. The molecule has 0 radical (unpaired) electrons. The van der Waals surface area contributed by atoms with Crippen LogP contribution in [0.25, 0.3) is 0 Å². The highest BCUT2D eigenvalue weighted by molar-refractivity contribution is 5.47. The van der Waals surface area contributed by atoms with Gasteiger partial charge in [0.25, 0.3) is 0 Å². The molecule has 0 bridgehead atoms. The van der Waals surface area contributed by atoms with E-state index in [1.54, 1.807) is 0 Å². The van der Waals surface area contributed by atoms with E-state index in [4.69, 9.17) is 5.73 Å². The average molecular weight is 218 g/mol. The molecule has 1 unspecified atom stereocenters. The van der Waals surface area contributed by atoms with Crippen molar-refractivity contribution in [3.05, 3.63) is 29.3 Å². The number of hydrogen-bond donors (Lipinski definition) is 2. The molecule has 16 heavy (non-hydrogen) atoms. The van der Waals surface area contributed by atoms with E-state index in [1.807, 2.05) is 6.07 Å². The maximum absolute atomic E-state index is 5.88. The second-order valence-corrected chi connectivity index (χ2v) is 5.80. The van der Waals surface area contributed by atoms with Crippen molar-refractivity contribution in [3.8, 4) is 0 Å². The topological polar surface area (TPSA) is 38.0 Å². The third-order valence-electron chi connectivity index (χ3n) is 3.09. The molecule has 0 saturated heterocycles. The van der Waals surface area contributed by atoms with E-state index < -0.39 is 0 Å². The van der Waals surface area contributed by atoms with Crippen LogP contribution in [0, 0.1) is 0 Å². The summed E-state index contributed by atoms with van der Waals surface area (Å²) in [5.74, 6) is 0. The lowest BCUT2D eigenvalue weighted by Crippen LogP contribution is -2.40. The molecular formula is C14H22N2. The van der Waals surface area contributed by atoms with Gasteiger partial charge in [0.15, 0.2) is 0 Å². The molecule has 0 aliphatic heterocycles. The monoisotopic (exact) mass is 218 g/mol. The van der Waals surface area contributed by atoms with Gasteiger partial charge in [0.2, 0.25) is 0 Å². The Morgan fingerprint density at radius 1 is 1.31 bits per heavy atom. The van der Waals surface area contributed by atoms with Crippen LogP contribution in [0.4, 0.5) is 5.69 Å². The number of anilines is 1. The molecular weight excluding hydrogens is 196 g/mol. The Balaban J connectivity index is 2.28. The number of fused-ring (bicyclic) bond motifs is 1. The molecule has 1 aliphatic rings. The summed E-state index contributed by atoms with van der Waals surface area (Å²) in [4.78, 5) is 0. The van der Waals surface area contributed by atoms with Gasteiger partial charge in [-0.3, -0.25) is 0 Å². The van der Waals surface area contributed by atoms with Gasteiger partial charge >= 0.3 is 0 Å². The third kappa shape index (κ3) is 2.56. The second kappa shape index (κ2) is 4.10. The molecule has 0 spiro atoms. The summed E-state index contributed by atoms with van der Waals surface area (Å²) >= 11 is 0. The van der Waals surface area contributed by atoms with E-state index in [1.165, 1.54) is 30.4 Å². The Morgan fingerprint density at radius 3 is 2.75 bits per heavy atom. The molecule has 2 nitrogen and oxygen atoms in total. The number of aryl methyl sites for hydroxylation is 1. The Kier molecular flexibility index (Phi) is 2.94. The first-order valence-electron chi connectivity index (χ1n) is 6.12. The van der Waals surface area contributed by atoms with Crippen LogP contribution in [0.2, 0.25) is 0 Å². The summed E-state index contributed by atoms with van der Waals surface area (Å²) in [6.45, 7) is 6.65. The molecule has 0 aromatic heterocycles. The highest BCUT2D eigenvalue weighted by Gasteiger charge is 2.23. The zero-order chi connectivity index (χ0) is 11.8. The van der Waals surface area contributed by atoms with Gasteiger partial charge in [-0.15, -0.1) is 0 Å². The van der Waals surface area contributed by atoms with Crippen LogP contribution in [-0.2, 0) is 6.42 Å². The van der Waals surface area contributed by atoms with Gasteiger partial charge in [-0.25, -0.2) is 0 Å². The number of hydrogen-bond acceptors (Lipinski definition) is 2. The van der Waals surface area contributed by atoms with Crippen molar-refractivity contribution in [3.63, 3.8) is 0 Å². The van der Waals surface area contributed by atoms with Crippen molar-refractivity contribution in [2.24, 2.45) is 0 Å². The summed E-state index contributed by atoms with van der Waals surface area (Å²) in [5.41, 5.74) is 9.78. The van der Waals surface area contributed by atoms with Crippen molar-refractivity contribution in [1.82, 2.24) is 5.32 Å². The van der Waals surface area contributed by atoms with E-state index in [2.05, 4.69) is 38.2 Å². The minimum atomic E-state index is 0.157. The first-order chi connectivity index (χ1) is 7.46.